The number of carbonyl (C=O) groups excluding carboxylic acids is 1. The molecule has 0 aliphatic carbocycles. The third-order valence-electron chi connectivity index (χ3n) is 4.81. The van der Waals surface area contributed by atoms with Crippen molar-refractivity contribution < 1.29 is 9.18 Å². The van der Waals surface area contributed by atoms with Gasteiger partial charge < -0.3 is 9.80 Å². The van der Waals surface area contributed by atoms with Crippen LogP contribution in [0, 0.1) is 19.7 Å². The van der Waals surface area contributed by atoms with Crippen molar-refractivity contribution in [3.63, 3.8) is 0 Å². The minimum atomic E-state index is -0.240. The largest absolute Gasteiger partial charge is 0.368 e. The molecule has 0 saturated carbocycles. The third kappa shape index (κ3) is 3.80. The van der Waals surface area contributed by atoms with Gasteiger partial charge in [-0.2, -0.15) is 0 Å². The number of carbonyl (C=O) groups is 1. The SMILES string of the molecule is Cc1cc2nnc(SCC(=O)N3CCN(c4ccc(F)cc4)CC3)n2c(C)n1. The van der Waals surface area contributed by atoms with E-state index >= 15 is 0 Å². The highest BCUT2D eigenvalue weighted by atomic mass is 32.2. The number of benzene rings is 1. The van der Waals surface area contributed by atoms with E-state index in [-0.39, 0.29) is 11.7 Å². The zero-order valence-corrected chi connectivity index (χ0v) is 16.6. The van der Waals surface area contributed by atoms with E-state index in [0.29, 0.717) is 24.0 Å². The number of amides is 1. The number of nitrogens with zero attached hydrogens (tertiary/aromatic N) is 6. The number of halogens is 1. The first kappa shape index (κ1) is 18.7. The molecule has 1 fully saturated rings. The van der Waals surface area contributed by atoms with Gasteiger partial charge in [-0.05, 0) is 38.1 Å². The third-order valence-corrected chi connectivity index (χ3v) is 5.72. The lowest BCUT2D eigenvalue weighted by molar-refractivity contribution is -0.128. The molecule has 0 N–H and O–H groups in total. The number of hydrogen-bond donors (Lipinski definition) is 0. The highest BCUT2D eigenvalue weighted by Crippen LogP contribution is 2.21. The van der Waals surface area contributed by atoms with Gasteiger partial charge in [-0.15, -0.1) is 10.2 Å². The quantitative estimate of drug-likeness (QED) is 0.626. The summed E-state index contributed by atoms with van der Waals surface area (Å²) in [6, 6.07) is 8.35. The molecule has 0 atom stereocenters. The standard InChI is InChI=1S/C19H21FN6OS/c1-13-11-17-22-23-19(26(17)14(2)21-13)28-12-18(27)25-9-7-24(8-10-25)16-5-3-15(20)4-6-16/h3-6,11H,7-10,12H2,1-2H3. The monoisotopic (exact) mass is 400 g/mol. The summed E-state index contributed by atoms with van der Waals surface area (Å²) in [5, 5.41) is 9.05. The Morgan fingerprint density at radius 2 is 1.82 bits per heavy atom. The zero-order chi connectivity index (χ0) is 19.7. The molecule has 1 aromatic carbocycles. The Balaban J connectivity index is 1.35. The second-order valence-electron chi connectivity index (χ2n) is 6.75. The molecule has 3 heterocycles. The lowest BCUT2D eigenvalue weighted by Crippen LogP contribution is -2.49. The van der Waals surface area contributed by atoms with Crippen molar-refractivity contribution in [1.29, 1.82) is 0 Å². The first-order valence-electron chi connectivity index (χ1n) is 9.12. The molecule has 1 amide bonds. The molecular formula is C19H21FN6OS. The van der Waals surface area contributed by atoms with Crippen molar-refractivity contribution in [1.82, 2.24) is 24.5 Å². The molecule has 0 bridgehead atoms. The van der Waals surface area contributed by atoms with E-state index < -0.39 is 0 Å². The van der Waals surface area contributed by atoms with Crippen LogP contribution in [0.15, 0.2) is 35.5 Å². The molecular weight excluding hydrogens is 379 g/mol. The summed E-state index contributed by atoms with van der Waals surface area (Å²) in [6.45, 7) is 6.60. The Labute approximate surface area is 166 Å². The van der Waals surface area contributed by atoms with Crippen molar-refractivity contribution in [2.45, 2.75) is 19.0 Å². The number of piperazine rings is 1. The molecule has 7 nitrogen and oxygen atoms in total. The van der Waals surface area contributed by atoms with Crippen LogP contribution >= 0.6 is 11.8 Å². The fourth-order valence-corrected chi connectivity index (χ4v) is 4.27. The van der Waals surface area contributed by atoms with Crippen LogP contribution < -0.4 is 4.90 Å². The topological polar surface area (TPSA) is 66.6 Å². The lowest BCUT2D eigenvalue weighted by atomic mass is 10.2. The van der Waals surface area contributed by atoms with Gasteiger partial charge in [0.25, 0.3) is 0 Å². The second-order valence-corrected chi connectivity index (χ2v) is 7.70. The van der Waals surface area contributed by atoms with E-state index in [2.05, 4.69) is 20.1 Å². The van der Waals surface area contributed by atoms with Crippen LogP contribution in [0.5, 0.6) is 0 Å². The normalized spacial score (nSPS) is 14.7. The van der Waals surface area contributed by atoms with Crippen LogP contribution in [0.2, 0.25) is 0 Å². The molecule has 28 heavy (non-hydrogen) atoms. The van der Waals surface area contributed by atoms with E-state index in [4.69, 9.17) is 0 Å². The first-order chi connectivity index (χ1) is 13.5. The molecule has 1 aliphatic rings. The van der Waals surface area contributed by atoms with Gasteiger partial charge in [-0.25, -0.2) is 9.37 Å². The summed E-state index contributed by atoms with van der Waals surface area (Å²) < 4.78 is 14.9. The van der Waals surface area contributed by atoms with Gasteiger partial charge in [0.2, 0.25) is 5.91 Å². The molecule has 146 valence electrons. The summed E-state index contributed by atoms with van der Waals surface area (Å²) in [5.74, 6) is 0.960. The molecule has 2 aromatic heterocycles. The highest BCUT2D eigenvalue weighted by Gasteiger charge is 2.22. The predicted octanol–water partition coefficient (Wildman–Crippen LogP) is 2.32. The van der Waals surface area contributed by atoms with Crippen LogP contribution in [0.25, 0.3) is 5.65 Å². The minimum absolute atomic E-state index is 0.0817. The number of rotatable bonds is 4. The molecule has 1 saturated heterocycles. The molecule has 0 radical (unpaired) electrons. The van der Waals surface area contributed by atoms with Gasteiger partial charge in [0.05, 0.1) is 5.75 Å². The Hall–Kier alpha value is -2.68. The van der Waals surface area contributed by atoms with E-state index in [1.165, 1.54) is 23.9 Å². The van der Waals surface area contributed by atoms with Crippen molar-refractivity contribution in [3.05, 3.63) is 47.7 Å². The maximum Gasteiger partial charge on any atom is 0.233 e. The fourth-order valence-electron chi connectivity index (χ4n) is 3.38. The smallest absolute Gasteiger partial charge is 0.233 e. The van der Waals surface area contributed by atoms with E-state index in [9.17, 15) is 9.18 Å². The lowest BCUT2D eigenvalue weighted by Gasteiger charge is -2.36. The number of thioether (sulfide) groups is 1. The van der Waals surface area contributed by atoms with Crippen LogP contribution in [0.4, 0.5) is 10.1 Å². The molecule has 0 spiro atoms. The fraction of sp³-hybridized carbons (Fsp3) is 0.368. The van der Waals surface area contributed by atoms with Gasteiger partial charge >= 0.3 is 0 Å². The van der Waals surface area contributed by atoms with Crippen molar-refractivity contribution in [3.8, 4) is 0 Å². The Kier molecular flexibility index (Phi) is 5.17. The maximum absolute atomic E-state index is 13.1. The predicted molar refractivity (Wildman–Crippen MR) is 106 cm³/mol. The van der Waals surface area contributed by atoms with Gasteiger partial charge in [-0.3, -0.25) is 9.20 Å². The summed E-state index contributed by atoms with van der Waals surface area (Å²) in [7, 11) is 0. The molecule has 0 unspecified atom stereocenters. The van der Waals surface area contributed by atoms with Crippen molar-refractivity contribution in [2.24, 2.45) is 0 Å². The Bertz CT molecular complexity index is 998. The molecule has 9 heteroatoms. The van der Waals surface area contributed by atoms with Crippen LogP contribution in [-0.4, -0.2) is 62.3 Å². The number of aryl methyl sites for hydroxylation is 2. The first-order valence-corrected chi connectivity index (χ1v) is 10.1. The average Bonchev–Trinajstić information content (AvgIpc) is 3.10. The van der Waals surface area contributed by atoms with Crippen LogP contribution in [-0.2, 0) is 4.79 Å². The maximum atomic E-state index is 13.1. The van der Waals surface area contributed by atoms with Gasteiger partial charge in [0.15, 0.2) is 10.8 Å². The Morgan fingerprint density at radius 3 is 2.54 bits per heavy atom. The van der Waals surface area contributed by atoms with Gasteiger partial charge in [0, 0.05) is 43.6 Å². The van der Waals surface area contributed by atoms with Crippen molar-refractivity contribution >= 4 is 29.0 Å². The van der Waals surface area contributed by atoms with E-state index in [0.717, 1.165) is 35.9 Å². The van der Waals surface area contributed by atoms with E-state index in [1.807, 2.05) is 29.2 Å². The number of anilines is 1. The second kappa shape index (κ2) is 7.75. The summed E-state index contributed by atoms with van der Waals surface area (Å²) in [4.78, 5) is 21.1. The average molecular weight is 400 g/mol. The summed E-state index contributed by atoms with van der Waals surface area (Å²) in [6.07, 6.45) is 0. The van der Waals surface area contributed by atoms with Crippen LogP contribution in [0.3, 0.4) is 0 Å². The zero-order valence-electron chi connectivity index (χ0n) is 15.8. The number of hydrogen-bond acceptors (Lipinski definition) is 6. The summed E-state index contributed by atoms with van der Waals surface area (Å²) in [5.41, 5.74) is 2.62. The number of aromatic nitrogens is 4. The van der Waals surface area contributed by atoms with Crippen LogP contribution in [0.1, 0.15) is 11.5 Å². The minimum Gasteiger partial charge on any atom is -0.368 e. The van der Waals surface area contributed by atoms with Gasteiger partial charge in [0.1, 0.15) is 11.6 Å². The Morgan fingerprint density at radius 1 is 1.11 bits per heavy atom. The number of fused-ring (bicyclic) bond motifs is 1. The summed E-state index contributed by atoms with van der Waals surface area (Å²) >= 11 is 1.38. The molecule has 4 rings (SSSR count). The van der Waals surface area contributed by atoms with Gasteiger partial charge in [-0.1, -0.05) is 11.8 Å². The molecule has 1 aliphatic heterocycles. The van der Waals surface area contributed by atoms with E-state index in [1.54, 1.807) is 12.1 Å². The highest BCUT2D eigenvalue weighted by molar-refractivity contribution is 7.99. The molecule has 3 aromatic rings. The van der Waals surface area contributed by atoms with Crippen molar-refractivity contribution in [2.75, 3.05) is 36.8 Å².